The van der Waals surface area contributed by atoms with Crippen LogP contribution in [0, 0.1) is 0 Å². The van der Waals surface area contributed by atoms with Crippen molar-refractivity contribution in [1.82, 2.24) is 4.90 Å². The first-order chi connectivity index (χ1) is 12.5. The molecule has 0 radical (unpaired) electrons. The van der Waals surface area contributed by atoms with Gasteiger partial charge in [0.25, 0.3) is 5.91 Å². The van der Waals surface area contributed by atoms with E-state index < -0.39 is 0 Å². The van der Waals surface area contributed by atoms with E-state index in [2.05, 4.69) is 32.6 Å². The van der Waals surface area contributed by atoms with Gasteiger partial charge in [-0.3, -0.25) is 4.79 Å². The van der Waals surface area contributed by atoms with E-state index in [9.17, 15) is 4.79 Å². The lowest BCUT2D eigenvalue weighted by molar-refractivity contribution is 0.0747. The highest BCUT2D eigenvalue weighted by atomic mass is 16.5. The molecule has 0 bridgehead atoms. The lowest BCUT2D eigenvalue weighted by Gasteiger charge is -2.20. The Hall–Kier alpha value is -2.75. The first-order valence-corrected chi connectivity index (χ1v) is 8.78. The molecule has 2 aromatic rings. The Morgan fingerprint density at radius 1 is 1.08 bits per heavy atom. The van der Waals surface area contributed by atoms with Crippen molar-refractivity contribution >= 4 is 12.0 Å². The number of fused-ring (bicyclic) bond motifs is 1. The van der Waals surface area contributed by atoms with Crippen LogP contribution < -0.4 is 9.47 Å². The lowest BCUT2D eigenvalue weighted by Crippen LogP contribution is -2.26. The van der Waals surface area contributed by atoms with Crippen molar-refractivity contribution in [3.05, 3.63) is 64.7 Å². The van der Waals surface area contributed by atoms with Gasteiger partial charge in [-0.1, -0.05) is 38.6 Å². The molecule has 3 rings (SSSR count). The molecule has 0 saturated heterocycles. The van der Waals surface area contributed by atoms with Crippen LogP contribution in [0.5, 0.6) is 11.5 Å². The minimum absolute atomic E-state index is 0.0252. The van der Waals surface area contributed by atoms with Crippen LogP contribution in [0.1, 0.15) is 52.4 Å². The molecule has 136 valence electrons. The van der Waals surface area contributed by atoms with Gasteiger partial charge in [0, 0.05) is 19.2 Å². The third-order valence-electron chi connectivity index (χ3n) is 4.88. The summed E-state index contributed by atoms with van der Waals surface area (Å²) in [5.74, 6) is 1.50. The molecule has 1 heterocycles. The van der Waals surface area contributed by atoms with E-state index in [1.807, 2.05) is 29.2 Å². The number of amides is 1. The highest BCUT2D eigenvalue weighted by Crippen LogP contribution is 2.35. The Bertz CT molecular complexity index is 855. The van der Waals surface area contributed by atoms with Crippen LogP contribution in [0.3, 0.4) is 0 Å². The highest BCUT2D eigenvalue weighted by Gasteiger charge is 2.27. The van der Waals surface area contributed by atoms with Crippen molar-refractivity contribution in [2.24, 2.45) is 0 Å². The zero-order valence-electron chi connectivity index (χ0n) is 15.8. The van der Waals surface area contributed by atoms with Crippen molar-refractivity contribution in [2.75, 3.05) is 14.2 Å². The van der Waals surface area contributed by atoms with Gasteiger partial charge in [-0.15, -0.1) is 0 Å². The van der Waals surface area contributed by atoms with Gasteiger partial charge in [-0.2, -0.15) is 0 Å². The minimum Gasteiger partial charge on any atom is -0.496 e. The second-order valence-electron chi connectivity index (χ2n) is 6.84. The van der Waals surface area contributed by atoms with Crippen molar-refractivity contribution in [3.63, 3.8) is 0 Å². The molecule has 26 heavy (non-hydrogen) atoms. The maximum atomic E-state index is 13.2. The smallest absolute Gasteiger partial charge is 0.258 e. The van der Waals surface area contributed by atoms with E-state index in [1.165, 1.54) is 11.1 Å². The average Bonchev–Trinajstić information content (AvgIpc) is 3.09. The lowest BCUT2D eigenvalue weighted by atomic mass is 9.98. The number of ether oxygens (including phenoxy) is 2. The number of benzene rings is 2. The van der Waals surface area contributed by atoms with E-state index in [0.29, 0.717) is 24.4 Å². The summed E-state index contributed by atoms with van der Waals surface area (Å²) in [5, 5.41) is 0. The van der Waals surface area contributed by atoms with E-state index in [0.717, 1.165) is 16.9 Å². The maximum Gasteiger partial charge on any atom is 0.258 e. The van der Waals surface area contributed by atoms with Gasteiger partial charge in [-0.25, -0.2) is 0 Å². The van der Waals surface area contributed by atoms with E-state index >= 15 is 0 Å². The number of carbonyl (C=O) groups is 1. The molecule has 2 aromatic carbocycles. The average molecular weight is 351 g/mol. The fourth-order valence-corrected chi connectivity index (χ4v) is 3.40. The minimum atomic E-state index is -0.0252. The van der Waals surface area contributed by atoms with Crippen molar-refractivity contribution in [1.29, 1.82) is 0 Å². The van der Waals surface area contributed by atoms with Gasteiger partial charge in [-0.05, 0) is 40.3 Å². The Morgan fingerprint density at radius 2 is 1.77 bits per heavy atom. The Balaban J connectivity index is 1.95. The number of carbonyl (C=O) groups excluding carboxylic acids is 1. The molecule has 0 aromatic heterocycles. The first-order valence-electron chi connectivity index (χ1n) is 8.78. The molecule has 4 nitrogen and oxygen atoms in total. The summed E-state index contributed by atoms with van der Waals surface area (Å²) in [5.41, 5.74) is 5.01. The Labute approximate surface area is 155 Å². The molecule has 0 N–H and O–H groups in total. The monoisotopic (exact) mass is 351 g/mol. The molecule has 0 aliphatic carbocycles. The van der Waals surface area contributed by atoms with Crippen LogP contribution in [0.4, 0.5) is 0 Å². The molecular formula is C22H25NO3. The highest BCUT2D eigenvalue weighted by molar-refractivity contribution is 5.98. The third-order valence-corrected chi connectivity index (χ3v) is 4.88. The summed E-state index contributed by atoms with van der Waals surface area (Å²) in [6, 6.07) is 9.92. The summed E-state index contributed by atoms with van der Waals surface area (Å²) in [4.78, 5) is 15.1. The van der Waals surface area contributed by atoms with Crippen LogP contribution in [-0.4, -0.2) is 25.0 Å². The fourth-order valence-electron chi connectivity index (χ4n) is 3.40. The van der Waals surface area contributed by atoms with E-state index in [1.54, 1.807) is 14.2 Å². The maximum absolute atomic E-state index is 13.2. The quantitative estimate of drug-likeness (QED) is 0.788. The summed E-state index contributed by atoms with van der Waals surface area (Å²) in [6.07, 6.45) is 1.83. The molecule has 1 amide bonds. The molecule has 4 heteroatoms. The number of methoxy groups -OCH3 is 2. The molecule has 0 fully saturated rings. The first kappa shape index (κ1) is 18.1. The van der Waals surface area contributed by atoms with Crippen molar-refractivity contribution < 1.29 is 14.3 Å². The van der Waals surface area contributed by atoms with Crippen LogP contribution in [0.15, 0.2) is 36.9 Å². The van der Waals surface area contributed by atoms with Gasteiger partial charge in [0.2, 0.25) is 0 Å². The SMILES string of the molecule is C=Cc1ccc2c(c1)CN(C(=O)c1cc(C(C)C)c(OC)cc1OC)C2. The number of rotatable bonds is 5. The van der Waals surface area contributed by atoms with Gasteiger partial charge in [0.05, 0.1) is 19.8 Å². The van der Waals surface area contributed by atoms with Crippen molar-refractivity contribution in [2.45, 2.75) is 32.9 Å². The number of nitrogens with zero attached hydrogens (tertiary/aromatic N) is 1. The van der Waals surface area contributed by atoms with E-state index in [-0.39, 0.29) is 11.8 Å². The molecular weight excluding hydrogens is 326 g/mol. The Morgan fingerprint density at radius 3 is 2.38 bits per heavy atom. The van der Waals surface area contributed by atoms with Crippen molar-refractivity contribution in [3.8, 4) is 11.5 Å². The third kappa shape index (κ3) is 3.19. The topological polar surface area (TPSA) is 38.8 Å². The molecule has 0 atom stereocenters. The van der Waals surface area contributed by atoms with Gasteiger partial charge in [0.1, 0.15) is 11.5 Å². The predicted molar refractivity (Wildman–Crippen MR) is 104 cm³/mol. The second-order valence-corrected chi connectivity index (χ2v) is 6.84. The molecule has 0 spiro atoms. The van der Waals surface area contributed by atoms with E-state index in [4.69, 9.17) is 9.47 Å². The fraction of sp³-hybridized carbons (Fsp3) is 0.318. The molecule has 1 aliphatic rings. The summed E-state index contributed by atoms with van der Waals surface area (Å²) < 4.78 is 10.9. The summed E-state index contributed by atoms with van der Waals surface area (Å²) >= 11 is 0. The second kappa shape index (κ2) is 7.24. The normalized spacial score (nSPS) is 12.9. The summed E-state index contributed by atoms with van der Waals surface area (Å²) in [6.45, 7) is 9.19. The van der Waals surface area contributed by atoms with Crippen LogP contribution in [-0.2, 0) is 13.1 Å². The largest absolute Gasteiger partial charge is 0.496 e. The van der Waals surface area contributed by atoms with Crippen LogP contribution in [0.2, 0.25) is 0 Å². The van der Waals surface area contributed by atoms with Crippen LogP contribution in [0.25, 0.3) is 6.08 Å². The van der Waals surface area contributed by atoms with Gasteiger partial charge in [0.15, 0.2) is 0 Å². The number of hydrogen-bond donors (Lipinski definition) is 0. The molecule has 0 saturated carbocycles. The Kier molecular flexibility index (Phi) is 5.03. The van der Waals surface area contributed by atoms with Gasteiger partial charge >= 0.3 is 0 Å². The molecule has 1 aliphatic heterocycles. The number of hydrogen-bond acceptors (Lipinski definition) is 3. The zero-order chi connectivity index (χ0) is 18.8. The predicted octanol–water partition coefficient (Wildman–Crippen LogP) is 4.63. The van der Waals surface area contributed by atoms with Crippen LogP contribution >= 0.6 is 0 Å². The zero-order valence-corrected chi connectivity index (χ0v) is 15.8. The summed E-state index contributed by atoms with van der Waals surface area (Å²) in [7, 11) is 3.21. The molecule has 0 unspecified atom stereocenters. The standard InChI is InChI=1S/C22H25NO3/c1-6-15-7-8-16-12-23(13-17(16)9-15)22(24)19-10-18(14(2)3)20(25-4)11-21(19)26-5/h6-11,14H,1,12-13H2,2-5H3. The van der Waals surface area contributed by atoms with Gasteiger partial charge < -0.3 is 14.4 Å².